The van der Waals surface area contributed by atoms with Gasteiger partial charge in [-0.2, -0.15) is 0 Å². The predicted octanol–water partition coefficient (Wildman–Crippen LogP) is 3.13. The molecule has 1 aromatic heterocycles. The summed E-state index contributed by atoms with van der Waals surface area (Å²) in [7, 11) is 1.64. The fourth-order valence-electron chi connectivity index (χ4n) is 2.12. The van der Waals surface area contributed by atoms with Gasteiger partial charge in [0.15, 0.2) is 0 Å². The van der Waals surface area contributed by atoms with Gasteiger partial charge in [0, 0.05) is 31.3 Å². The van der Waals surface area contributed by atoms with Gasteiger partial charge in [-0.1, -0.05) is 19.1 Å². The largest absolute Gasteiger partial charge is 0.472 e. The molecule has 0 radical (unpaired) electrons. The number of aryl methyl sites for hydroxylation is 1. The molecule has 0 unspecified atom stereocenters. The molecule has 0 N–H and O–H groups in total. The Kier molecular flexibility index (Phi) is 5.58. The summed E-state index contributed by atoms with van der Waals surface area (Å²) in [6, 6.07) is 9.64. The van der Waals surface area contributed by atoms with Crippen molar-refractivity contribution in [3.63, 3.8) is 0 Å². The monoisotopic (exact) mass is 287 g/mol. The average molecular weight is 287 g/mol. The molecule has 4 nitrogen and oxygen atoms in total. The molecule has 0 fully saturated rings. The molecule has 0 aliphatic rings. The van der Waals surface area contributed by atoms with Gasteiger partial charge < -0.3 is 14.1 Å². The van der Waals surface area contributed by atoms with Crippen molar-refractivity contribution in [2.75, 3.05) is 20.3 Å². The first-order chi connectivity index (χ1) is 10.2. The first-order valence-electron chi connectivity index (χ1n) is 7.12. The van der Waals surface area contributed by atoms with Crippen molar-refractivity contribution in [1.82, 2.24) is 4.90 Å². The molecule has 2 aromatic rings. The van der Waals surface area contributed by atoms with Crippen molar-refractivity contribution in [2.45, 2.75) is 19.9 Å². The zero-order valence-electron chi connectivity index (χ0n) is 12.5. The molecule has 0 bridgehead atoms. The topological polar surface area (TPSA) is 42.7 Å². The Balaban J connectivity index is 2.11. The van der Waals surface area contributed by atoms with E-state index in [-0.39, 0.29) is 5.91 Å². The second-order valence-electron chi connectivity index (χ2n) is 4.90. The highest BCUT2D eigenvalue weighted by Crippen LogP contribution is 2.12. The third-order valence-corrected chi connectivity index (χ3v) is 3.42. The van der Waals surface area contributed by atoms with Crippen molar-refractivity contribution in [3.8, 4) is 0 Å². The van der Waals surface area contributed by atoms with Crippen LogP contribution < -0.4 is 0 Å². The van der Waals surface area contributed by atoms with Crippen LogP contribution in [-0.4, -0.2) is 31.1 Å². The van der Waals surface area contributed by atoms with Crippen molar-refractivity contribution >= 4 is 5.91 Å². The van der Waals surface area contributed by atoms with Gasteiger partial charge in [-0.25, -0.2) is 0 Å². The number of hydrogen-bond donors (Lipinski definition) is 0. The molecule has 0 spiro atoms. The molecule has 2 rings (SSSR count). The Morgan fingerprint density at radius 2 is 1.95 bits per heavy atom. The van der Waals surface area contributed by atoms with E-state index in [0.29, 0.717) is 25.3 Å². The lowest BCUT2D eigenvalue weighted by Crippen LogP contribution is -2.33. The number of benzene rings is 1. The highest BCUT2D eigenvalue weighted by atomic mass is 16.5. The van der Waals surface area contributed by atoms with Gasteiger partial charge in [0.25, 0.3) is 5.91 Å². The van der Waals surface area contributed by atoms with Crippen molar-refractivity contribution in [3.05, 3.63) is 59.5 Å². The molecular formula is C17H21NO3. The molecule has 1 aromatic carbocycles. The number of methoxy groups -OCH3 is 1. The lowest BCUT2D eigenvalue weighted by atomic mass is 10.1. The quantitative estimate of drug-likeness (QED) is 0.785. The smallest absolute Gasteiger partial charge is 0.254 e. The van der Waals surface area contributed by atoms with Crippen LogP contribution in [0, 0.1) is 0 Å². The molecule has 112 valence electrons. The summed E-state index contributed by atoms with van der Waals surface area (Å²) in [4.78, 5) is 14.4. The maximum atomic E-state index is 12.6. The molecule has 0 saturated carbocycles. The molecule has 4 heteroatoms. The summed E-state index contributed by atoms with van der Waals surface area (Å²) in [5, 5.41) is 0. The Hall–Kier alpha value is -2.07. The summed E-state index contributed by atoms with van der Waals surface area (Å²) in [5.74, 6) is 0.0101. The van der Waals surface area contributed by atoms with Gasteiger partial charge in [-0.3, -0.25) is 4.79 Å². The minimum Gasteiger partial charge on any atom is -0.472 e. The number of ether oxygens (including phenoxy) is 1. The number of carbonyl (C=O) groups excluding carboxylic acids is 1. The van der Waals surface area contributed by atoms with Crippen molar-refractivity contribution < 1.29 is 13.9 Å². The van der Waals surface area contributed by atoms with E-state index in [0.717, 1.165) is 12.0 Å². The molecule has 0 aliphatic heterocycles. The van der Waals surface area contributed by atoms with Crippen LogP contribution >= 0.6 is 0 Å². The van der Waals surface area contributed by atoms with E-state index in [4.69, 9.17) is 9.15 Å². The van der Waals surface area contributed by atoms with Crippen LogP contribution in [0.3, 0.4) is 0 Å². The third kappa shape index (κ3) is 4.20. The van der Waals surface area contributed by atoms with E-state index in [1.807, 2.05) is 30.3 Å². The van der Waals surface area contributed by atoms with Crippen LogP contribution in [0.1, 0.15) is 28.4 Å². The normalized spacial score (nSPS) is 10.6. The Morgan fingerprint density at radius 3 is 2.52 bits per heavy atom. The molecule has 1 heterocycles. The molecule has 0 saturated heterocycles. The first kappa shape index (κ1) is 15.3. The standard InChI is InChI=1S/C17H21NO3/c1-3-14-4-6-16(7-5-14)17(19)18(9-11-20-2)12-15-8-10-21-13-15/h4-8,10,13H,3,9,11-12H2,1-2H3. The zero-order chi connectivity index (χ0) is 15.1. The van der Waals surface area contributed by atoms with Crippen LogP contribution in [0.25, 0.3) is 0 Å². The van der Waals surface area contributed by atoms with Crippen molar-refractivity contribution in [1.29, 1.82) is 0 Å². The molecule has 1 amide bonds. The fourth-order valence-corrected chi connectivity index (χ4v) is 2.12. The first-order valence-corrected chi connectivity index (χ1v) is 7.12. The maximum Gasteiger partial charge on any atom is 0.254 e. The summed E-state index contributed by atoms with van der Waals surface area (Å²) in [6.45, 7) is 3.68. The Labute approximate surface area is 125 Å². The second kappa shape index (κ2) is 7.64. The van der Waals surface area contributed by atoms with E-state index >= 15 is 0 Å². The SMILES string of the molecule is CCc1ccc(C(=O)N(CCOC)Cc2ccoc2)cc1. The number of furan rings is 1. The highest BCUT2D eigenvalue weighted by molar-refractivity contribution is 5.94. The Bertz CT molecular complexity index is 546. The number of amides is 1. The van der Waals surface area contributed by atoms with Gasteiger partial charge in [-0.05, 0) is 30.2 Å². The van der Waals surface area contributed by atoms with Crippen LogP contribution in [0.2, 0.25) is 0 Å². The van der Waals surface area contributed by atoms with Crippen LogP contribution in [0.15, 0.2) is 47.3 Å². The van der Waals surface area contributed by atoms with E-state index in [1.54, 1.807) is 24.5 Å². The van der Waals surface area contributed by atoms with E-state index in [9.17, 15) is 4.79 Å². The number of rotatable bonds is 7. The third-order valence-electron chi connectivity index (χ3n) is 3.42. The van der Waals surface area contributed by atoms with Gasteiger partial charge in [0.05, 0.1) is 19.1 Å². The zero-order valence-corrected chi connectivity index (χ0v) is 12.5. The minimum absolute atomic E-state index is 0.0101. The van der Waals surface area contributed by atoms with E-state index in [2.05, 4.69) is 6.92 Å². The minimum atomic E-state index is 0.0101. The maximum absolute atomic E-state index is 12.6. The van der Waals surface area contributed by atoms with Crippen LogP contribution in [0.5, 0.6) is 0 Å². The Morgan fingerprint density at radius 1 is 1.19 bits per heavy atom. The van der Waals surface area contributed by atoms with Gasteiger partial charge >= 0.3 is 0 Å². The summed E-state index contributed by atoms with van der Waals surface area (Å²) in [5.41, 5.74) is 2.90. The van der Waals surface area contributed by atoms with Crippen molar-refractivity contribution in [2.24, 2.45) is 0 Å². The van der Waals surface area contributed by atoms with Crippen LogP contribution in [0.4, 0.5) is 0 Å². The lowest BCUT2D eigenvalue weighted by molar-refractivity contribution is 0.0680. The summed E-state index contributed by atoms with van der Waals surface area (Å²) in [6.07, 6.45) is 4.24. The second-order valence-corrected chi connectivity index (χ2v) is 4.90. The van der Waals surface area contributed by atoms with E-state index < -0.39 is 0 Å². The number of hydrogen-bond acceptors (Lipinski definition) is 3. The highest BCUT2D eigenvalue weighted by Gasteiger charge is 2.16. The average Bonchev–Trinajstić information content (AvgIpc) is 3.04. The van der Waals surface area contributed by atoms with Gasteiger partial charge in [-0.15, -0.1) is 0 Å². The van der Waals surface area contributed by atoms with Gasteiger partial charge in [0.2, 0.25) is 0 Å². The molecule has 21 heavy (non-hydrogen) atoms. The van der Waals surface area contributed by atoms with Crippen LogP contribution in [-0.2, 0) is 17.7 Å². The number of carbonyl (C=O) groups is 1. The number of nitrogens with zero attached hydrogens (tertiary/aromatic N) is 1. The molecule has 0 atom stereocenters. The predicted molar refractivity (Wildman–Crippen MR) is 81.1 cm³/mol. The molecule has 0 aliphatic carbocycles. The summed E-state index contributed by atoms with van der Waals surface area (Å²) < 4.78 is 10.2. The fraction of sp³-hybridized carbons (Fsp3) is 0.353. The summed E-state index contributed by atoms with van der Waals surface area (Å²) >= 11 is 0. The lowest BCUT2D eigenvalue weighted by Gasteiger charge is -2.22. The van der Waals surface area contributed by atoms with E-state index in [1.165, 1.54) is 5.56 Å². The van der Waals surface area contributed by atoms with Gasteiger partial charge in [0.1, 0.15) is 0 Å². The molecular weight excluding hydrogens is 266 g/mol.